The van der Waals surface area contributed by atoms with Gasteiger partial charge in [0.15, 0.2) is 0 Å². The van der Waals surface area contributed by atoms with Crippen molar-refractivity contribution in [1.82, 2.24) is 15.6 Å². The molecule has 2 aromatic carbocycles. The molecule has 0 bridgehead atoms. The molecule has 1 aliphatic rings. The molecule has 3 unspecified atom stereocenters. The van der Waals surface area contributed by atoms with Crippen LogP contribution in [0.3, 0.4) is 0 Å². The molecule has 6 nitrogen and oxygen atoms in total. The summed E-state index contributed by atoms with van der Waals surface area (Å²) in [5, 5.41) is 26.7. The van der Waals surface area contributed by atoms with Crippen LogP contribution in [0.15, 0.2) is 48.5 Å². The molecule has 0 spiro atoms. The molecule has 0 radical (unpaired) electrons. The third-order valence-electron chi connectivity index (χ3n) is 5.16. The van der Waals surface area contributed by atoms with Gasteiger partial charge in [0.05, 0.1) is 24.8 Å². The van der Waals surface area contributed by atoms with E-state index in [0.717, 1.165) is 22.0 Å². The van der Waals surface area contributed by atoms with Gasteiger partial charge in [0, 0.05) is 22.5 Å². The predicted molar refractivity (Wildman–Crippen MR) is 109 cm³/mol. The Kier molecular flexibility index (Phi) is 5.37. The van der Waals surface area contributed by atoms with Crippen molar-refractivity contribution in [2.45, 2.75) is 24.6 Å². The maximum Gasteiger partial charge on any atom is 0.268 e. The van der Waals surface area contributed by atoms with Crippen LogP contribution in [0.5, 0.6) is 0 Å². The maximum absolute atomic E-state index is 12.9. The number of carbonyl (C=O) groups is 1. The number of aliphatic hydroxyl groups is 2. The Morgan fingerprint density at radius 2 is 2.07 bits per heavy atom. The van der Waals surface area contributed by atoms with E-state index in [9.17, 15) is 9.90 Å². The number of benzene rings is 2. The summed E-state index contributed by atoms with van der Waals surface area (Å²) in [7, 11) is 0. The van der Waals surface area contributed by atoms with Gasteiger partial charge in [0.25, 0.3) is 5.91 Å². The molecule has 4 rings (SSSR count). The first-order valence-electron chi connectivity index (χ1n) is 9.24. The standard InChI is InChI=1S/C21H22ClN3O3/c22-14-5-6-17-13(7-14)9-19(24-17)21(28)25-18-8-12-3-1-2-4-16(12)20(18)23-10-15(27)11-26/h1-7,9,15,18,20,23-24,26-27H,8,10-11H2,(H,25,28). The summed E-state index contributed by atoms with van der Waals surface area (Å²) in [5.74, 6) is -0.195. The van der Waals surface area contributed by atoms with Gasteiger partial charge < -0.3 is 25.8 Å². The van der Waals surface area contributed by atoms with Crippen LogP contribution in [0.2, 0.25) is 5.02 Å². The van der Waals surface area contributed by atoms with Crippen LogP contribution >= 0.6 is 11.6 Å². The Labute approximate surface area is 167 Å². The summed E-state index contributed by atoms with van der Waals surface area (Å²) in [4.78, 5) is 16.0. The van der Waals surface area contributed by atoms with E-state index in [1.54, 1.807) is 12.1 Å². The number of H-pyrrole nitrogens is 1. The Bertz CT molecular complexity index is 1000. The van der Waals surface area contributed by atoms with E-state index in [2.05, 4.69) is 15.6 Å². The molecule has 146 valence electrons. The molecule has 7 heteroatoms. The van der Waals surface area contributed by atoms with E-state index in [1.807, 2.05) is 36.4 Å². The normalized spacial score (nSPS) is 19.5. The summed E-state index contributed by atoms with van der Waals surface area (Å²) in [5.41, 5.74) is 3.58. The fraction of sp³-hybridized carbons (Fsp3) is 0.286. The van der Waals surface area contributed by atoms with Crippen molar-refractivity contribution < 1.29 is 15.0 Å². The van der Waals surface area contributed by atoms with Crippen molar-refractivity contribution in [3.8, 4) is 0 Å². The fourth-order valence-electron chi connectivity index (χ4n) is 3.78. The number of aromatic amines is 1. The zero-order valence-electron chi connectivity index (χ0n) is 15.2. The molecular weight excluding hydrogens is 378 g/mol. The minimum Gasteiger partial charge on any atom is -0.394 e. The Balaban J connectivity index is 1.53. The third kappa shape index (κ3) is 3.77. The lowest BCUT2D eigenvalue weighted by Gasteiger charge is -2.24. The predicted octanol–water partition coefficient (Wildman–Crippen LogP) is 2.16. The average Bonchev–Trinajstić information content (AvgIpc) is 3.26. The lowest BCUT2D eigenvalue weighted by Crippen LogP contribution is -2.44. The first-order chi connectivity index (χ1) is 13.5. The number of carbonyl (C=O) groups excluding carboxylic acids is 1. The van der Waals surface area contributed by atoms with E-state index >= 15 is 0 Å². The second-order valence-electron chi connectivity index (χ2n) is 7.12. The van der Waals surface area contributed by atoms with Crippen LogP contribution in [0.4, 0.5) is 0 Å². The number of aromatic nitrogens is 1. The van der Waals surface area contributed by atoms with Gasteiger partial charge >= 0.3 is 0 Å². The van der Waals surface area contributed by atoms with Crippen LogP contribution < -0.4 is 10.6 Å². The van der Waals surface area contributed by atoms with Gasteiger partial charge in [0.2, 0.25) is 0 Å². The third-order valence-corrected chi connectivity index (χ3v) is 5.40. The van der Waals surface area contributed by atoms with Gasteiger partial charge in [-0.25, -0.2) is 0 Å². The van der Waals surface area contributed by atoms with Gasteiger partial charge in [-0.15, -0.1) is 0 Å². The first-order valence-corrected chi connectivity index (χ1v) is 9.62. The zero-order chi connectivity index (χ0) is 19.7. The maximum atomic E-state index is 12.9. The molecule has 5 N–H and O–H groups in total. The quantitative estimate of drug-likeness (QED) is 0.439. The number of hydrogen-bond acceptors (Lipinski definition) is 4. The van der Waals surface area contributed by atoms with Crippen molar-refractivity contribution in [2.75, 3.05) is 13.2 Å². The van der Waals surface area contributed by atoms with Gasteiger partial charge in [-0.3, -0.25) is 4.79 Å². The molecule has 1 heterocycles. The Morgan fingerprint density at radius 3 is 2.89 bits per heavy atom. The summed E-state index contributed by atoms with van der Waals surface area (Å²) in [6.07, 6.45) is -0.150. The second kappa shape index (κ2) is 7.93. The van der Waals surface area contributed by atoms with Crippen LogP contribution in [-0.2, 0) is 6.42 Å². The molecule has 28 heavy (non-hydrogen) atoms. The topological polar surface area (TPSA) is 97.4 Å². The SMILES string of the molecule is O=C(NC1Cc2ccccc2C1NCC(O)CO)c1cc2cc(Cl)ccc2[nH]1. The number of aliphatic hydroxyl groups excluding tert-OH is 2. The number of halogens is 1. The van der Waals surface area contributed by atoms with Crippen LogP contribution in [0.25, 0.3) is 10.9 Å². The molecule has 3 atom stereocenters. The molecule has 1 amide bonds. The highest BCUT2D eigenvalue weighted by Gasteiger charge is 2.33. The number of amides is 1. The van der Waals surface area contributed by atoms with E-state index in [-0.39, 0.29) is 31.1 Å². The van der Waals surface area contributed by atoms with Crippen molar-refractivity contribution >= 4 is 28.4 Å². The lowest BCUT2D eigenvalue weighted by molar-refractivity contribution is 0.0874. The highest BCUT2D eigenvalue weighted by molar-refractivity contribution is 6.31. The highest BCUT2D eigenvalue weighted by Crippen LogP contribution is 2.31. The van der Waals surface area contributed by atoms with Crippen LogP contribution in [0, 0.1) is 0 Å². The smallest absolute Gasteiger partial charge is 0.268 e. The molecule has 0 saturated heterocycles. The van der Waals surface area contributed by atoms with Gasteiger partial charge in [0.1, 0.15) is 5.69 Å². The lowest BCUT2D eigenvalue weighted by atomic mass is 10.1. The van der Waals surface area contributed by atoms with Crippen molar-refractivity contribution in [2.24, 2.45) is 0 Å². The van der Waals surface area contributed by atoms with Crippen molar-refractivity contribution in [1.29, 1.82) is 0 Å². The minimum atomic E-state index is -0.845. The number of fused-ring (bicyclic) bond motifs is 2. The monoisotopic (exact) mass is 399 g/mol. The van der Waals surface area contributed by atoms with Crippen molar-refractivity contribution in [3.05, 3.63) is 70.4 Å². The number of rotatable bonds is 6. The fourth-order valence-corrected chi connectivity index (χ4v) is 3.96. The summed E-state index contributed by atoms with van der Waals surface area (Å²) >= 11 is 6.03. The molecule has 0 aliphatic heterocycles. The molecule has 3 aromatic rings. The van der Waals surface area contributed by atoms with Crippen molar-refractivity contribution in [3.63, 3.8) is 0 Å². The second-order valence-corrected chi connectivity index (χ2v) is 7.56. The molecule has 1 aromatic heterocycles. The average molecular weight is 400 g/mol. The van der Waals surface area contributed by atoms with E-state index in [0.29, 0.717) is 17.1 Å². The Morgan fingerprint density at radius 1 is 1.25 bits per heavy atom. The van der Waals surface area contributed by atoms with E-state index in [1.165, 1.54) is 0 Å². The molecular formula is C21H22ClN3O3. The number of nitrogens with one attached hydrogen (secondary N) is 3. The molecule has 1 aliphatic carbocycles. The summed E-state index contributed by atoms with van der Waals surface area (Å²) in [6.45, 7) is -0.0667. The number of hydrogen-bond donors (Lipinski definition) is 5. The van der Waals surface area contributed by atoms with Crippen LogP contribution in [0.1, 0.15) is 27.7 Å². The zero-order valence-corrected chi connectivity index (χ0v) is 15.9. The van der Waals surface area contributed by atoms with E-state index in [4.69, 9.17) is 16.7 Å². The minimum absolute atomic E-state index is 0.139. The summed E-state index contributed by atoms with van der Waals surface area (Å²) in [6, 6.07) is 14.9. The Hall–Kier alpha value is -2.38. The molecule has 0 saturated carbocycles. The van der Waals surface area contributed by atoms with Gasteiger partial charge in [-0.05, 0) is 41.8 Å². The first kappa shape index (κ1) is 19.0. The van der Waals surface area contributed by atoms with E-state index < -0.39 is 6.10 Å². The highest BCUT2D eigenvalue weighted by atomic mass is 35.5. The van der Waals surface area contributed by atoms with Gasteiger partial charge in [-0.1, -0.05) is 35.9 Å². The largest absolute Gasteiger partial charge is 0.394 e. The molecule has 0 fully saturated rings. The van der Waals surface area contributed by atoms with Crippen LogP contribution in [-0.4, -0.2) is 46.4 Å². The van der Waals surface area contributed by atoms with Gasteiger partial charge in [-0.2, -0.15) is 0 Å². The summed E-state index contributed by atoms with van der Waals surface area (Å²) < 4.78 is 0.